The number of esters is 3. The van der Waals surface area contributed by atoms with E-state index in [-0.39, 0.29) is 32.4 Å². The quantitative estimate of drug-likeness (QED) is 0.202. The molecule has 1 amide bonds. The zero-order valence-corrected chi connectivity index (χ0v) is 17.7. The molecular weight excluding hydrogens is 406 g/mol. The number of rotatable bonds is 13. The molecule has 4 atom stereocenters. The Hall–Kier alpha value is -2.84. The fourth-order valence-corrected chi connectivity index (χ4v) is 4.45. The van der Waals surface area contributed by atoms with Crippen molar-refractivity contribution in [1.82, 2.24) is 5.32 Å². The lowest BCUT2D eigenvalue weighted by atomic mass is 9.80. The smallest absolute Gasteiger partial charge is 0.407 e. The summed E-state index contributed by atoms with van der Waals surface area (Å²) in [6.45, 7) is 7.20. The van der Waals surface area contributed by atoms with Gasteiger partial charge in [0.05, 0.1) is 0 Å². The third kappa shape index (κ3) is 8.43. The largest absolute Gasteiger partial charge is 0.462 e. The van der Waals surface area contributed by atoms with E-state index >= 15 is 0 Å². The van der Waals surface area contributed by atoms with Crippen LogP contribution in [0.4, 0.5) is 4.79 Å². The van der Waals surface area contributed by atoms with E-state index in [4.69, 9.17) is 18.9 Å². The Balaban J connectivity index is 1.54. The average molecular weight is 437 g/mol. The van der Waals surface area contributed by atoms with Crippen LogP contribution < -0.4 is 5.32 Å². The number of ether oxygens (including phenoxy) is 4. The summed E-state index contributed by atoms with van der Waals surface area (Å²) < 4.78 is 19.5. The summed E-state index contributed by atoms with van der Waals surface area (Å²) in [5.41, 5.74) is 0. The Morgan fingerprint density at radius 1 is 0.774 bits per heavy atom. The van der Waals surface area contributed by atoms with E-state index in [9.17, 15) is 19.2 Å². The maximum absolute atomic E-state index is 11.8. The molecule has 31 heavy (non-hydrogen) atoms. The van der Waals surface area contributed by atoms with Crippen molar-refractivity contribution in [3.8, 4) is 0 Å². The van der Waals surface area contributed by atoms with Gasteiger partial charge in [-0.15, -0.1) is 0 Å². The van der Waals surface area contributed by atoms with Crippen molar-refractivity contribution >= 4 is 24.0 Å². The first kappa shape index (κ1) is 24.4. The number of hydrogen-bond acceptors (Lipinski definition) is 8. The van der Waals surface area contributed by atoms with Crippen LogP contribution in [-0.2, 0) is 33.3 Å². The average Bonchev–Trinajstić information content (AvgIpc) is 3.36. The summed E-state index contributed by atoms with van der Waals surface area (Å²) >= 11 is 0. The molecule has 0 aromatic heterocycles. The molecule has 4 unspecified atom stereocenters. The standard InChI is InChI=1S/C22H31NO8/c1-3-19(24)28-7-8-30-21(26)6-5-15-11-17-12-16(15)13-18(17)14-23-22(27)31-10-9-29-20(25)4-2/h3-4,15-18H,1-2,5-14H2,(H,23,27). The number of amides is 1. The minimum atomic E-state index is -0.553. The Labute approximate surface area is 182 Å². The zero-order valence-electron chi connectivity index (χ0n) is 17.7. The van der Waals surface area contributed by atoms with Crippen molar-refractivity contribution in [3.05, 3.63) is 25.3 Å². The molecule has 0 aromatic rings. The van der Waals surface area contributed by atoms with E-state index in [2.05, 4.69) is 18.5 Å². The normalized spacial score (nSPS) is 23.5. The van der Waals surface area contributed by atoms with Gasteiger partial charge < -0.3 is 24.3 Å². The summed E-state index contributed by atoms with van der Waals surface area (Å²) in [6.07, 6.45) is 5.94. The van der Waals surface area contributed by atoms with Gasteiger partial charge in [-0.2, -0.15) is 0 Å². The number of fused-ring (bicyclic) bond motifs is 2. The fourth-order valence-electron chi connectivity index (χ4n) is 4.45. The lowest BCUT2D eigenvalue weighted by Gasteiger charge is -2.27. The van der Waals surface area contributed by atoms with Gasteiger partial charge in [-0.1, -0.05) is 13.2 Å². The van der Waals surface area contributed by atoms with Crippen LogP contribution in [0.1, 0.15) is 32.1 Å². The SMILES string of the molecule is C=CC(=O)OCCOC(=O)CCC1CC2CC1CC2CNC(=O)OCCOC(=O)C=C. The van der Waals surface area contributed by atoms with Crippen molar-refractivity contribution in [3.63, 3.8) is 0 Å². The van der Waals surface area contributed by atoms with Crippen molar-refractivity contribution in [2.24, 2.45) is 23.7 Å². The van der Waals surface area contributed by atoms with Gasteiger partial charge in [-0.3, -0.25) is 4.79 Å². The Morgan fingerprint density at radius 3 is 1.90 bits per heavy atom. The van der Waals surface area contributed by atoms with Gasteiger partial charge in [-0.25, -0.2) is 14.4 Å². The molecule has 2 bridgehead atoms. The summed E-state index contributed by atoms with van der Waals surface area (Å²) in [7, 11) is 0. The number of nitrogens with one attached hydrogen (secondary N) is 1. The van der Waals surface area contributed by atoms with Gasteiger partial charge in [0.15, 0.2) is 0 Å². The lowest BCUT2D eigenvalue weighted by Crippen LogP contribution is -2.33. The van der Waals surface area contributed by atoms with Gasteiger partial charge in [-0.05, 0) is 49.4 Å². The molecule has 1 N–H and O–H groups in total. The molecule has 9 nitrogen and oxygen atoms in total. The van der Waals surface area contributed by atoms with Crippen molar-refractivity contribution < 1.29 is 38.1 Å². The predicted molar refractivity (Wildman–Crippen MR) is 110 cm³/mol. The van der Waals surface area contributed by atoms with Crippen LogP contribution in [0.25, 0.3) is 0 Å². The molecule has 0 spiro atoms. The maximum atomic E-state index is 11.8. The Kier molecular flexibility index (Phi) is 10.1. The van der Waals surface area contributed by atoms with Crippen molar-refractivity contribution in [1.29, 1.82) is 0 Å². The molecule has 9 heteroatoms. The minimum absolute atomic E-state index is 0.00298. The molecule has 0 saturated heterocycles. The highest BCUT2D eigenvalue weighted by Crippen LogP contribution is 2.52. The Bertz CT molecular complexity index is 620. The van der Waals surface area contributed by atoms with Gasteiger partial charge in [0.25, 0.3) is 0 Å². The van der Waals surface area contributed by atoms with Gasteiger partial charge >= 0.3 is 24.0 Å². The molecular formula is C22H31NO8. The third-order valence-corrected chi connectivity index (χ3v) is 5.86. The fraction of sp³-hybridized carbons (Fsp3) is 0.636. The topological polar surface area (TPSA) is 117 Å². The molecule has 2 aliphatic carbocycles. The van der Waals surface area contributed by atoms with E-state index in [0.717, 1.165) is 37.8 Å². The number of hydrogen-bond donors (Lipinski definition) is 1. The van der Waals surface area contributed by atoms with Crippen LogP contribution >= 0.6 is 0 Å². The second-order valence-electron chi connectivity index (χ2n) is 7.77. The van der Waals surface area contributed by atoms with Crippen molar-refractivity contribution in [2.45, 2.75) is 32.1 Å². The third-order valence-electron chi connectivity index (χ3n) is 5.86. The van der Waals surface area contributed by atoms with Crippen LogP contribution in [0.15, 0.2) is 25.3 Å². The first-order chi connectivity index (χ1) is 14.9. The highest BCUT2D eigenvalue weighted by Gasteiger charge is 2.45. The molecule has 0 aliphatic heterocycles. The second kappa shape index (κ2) is 12.8. The molecule has 0 heterocycles. The van der Waals surface area contributed by atoms with Crippen LogP contribution in [0.2, 0.25) is 0 Å². The van der Waals surface area contributed by atoms with Crippen LogP contribution in [-0.4, -0.2) is 57.0 Å². The van der Waals surface area contributed by atoms with E-state index in [0.29, 0.717) is 36.6 Å². The summed E-state index contributed by atoms with van der Waals surface area (Å²) in [5, 5.41) is 2.78. The van der Waals surface area contributed by atoms with E-state index in [1.165, 1.54) is 0 Å². The molecule has 172 valence electrons. The summed E-state index contributed by atoms with van der Waals surface area (Å²) in [4.78, 5) is 45.4. The van der Waals surface area contributed by atoms with E-state index in [1.54, 1.807) is 0 Å². The monoisotopic (exact) mass is 437 g/mol. The van der Waals surface area contributed by atoms with Gasteiger partial charge in [0.1, 0.15) is 26.4 Å². The maximum Gasteiger partial charge on any atom is 0.407 e. The number of carbonyl (C=O) groups is 4. The minimum Gasteiger partial charge on any atom is -0.462 e. The molecule has 2 aliphatic rings. The van der Waals surface area contributed by atoms with E-state index < -0.39 is 18.0 Å². The van der Waals surface area contributed by atoms with Crippen LogP contribution in [0.5, 0.6) is 0 Å². The van der Waals surface area contributed by atoms with Crippen LogP contribution in [0.3, 0.4) is 0 Å². The molecule has 0 aromatic carbocycles. The zero-order chi connectivity index (χ0) is 22.6. The predicted octanol–water partition coefficient (Wildman–Crippen LogP) is 2.16. The molecule has 2 fully saturated rings. The van der Waals surface area contributed by atoms with Crippen LogP contribution in [0, 0.1) is 23.7 Å². The number of carbonyl (C=O) groups excluding carboxylic acids is 4. The molecule has 2 rings (SSSR count). The first-order valence-electron chi connectivity index (χ1n) is 10.6. The summed E-state index contributed by atoms with van der Waals surface area (Å²) in [5.74, 6) is 0.646. The lowest BCUT2D eigenvalue weighted by molar-refractivity contribution is -0.150. The number of alkyl carbamates (subject to hydrolysis) is 1. The molecule has 0 radical (unpaired) electrons. The highest BCUT2D eigenvalue weighted by molar-refractivity contribution is 5.81. The Morgan fingerprint density at radius 2 is 1.32 bits per heavy atom. The van der Waals surface area contributed by atoms with Gasteiger partial charge in [0, 0.05) is 25.1 Å². The van der Waals surface area contributed by atoms with Crippen molar-refractivity contribution in [2.75, 3.05) is 33.0 Å². The summed E-state index contributed by atoms with van der Waals surface area (Å²) in [6, 6.07) is 0. The second-order valence-corrected chi connectivity index (χ2v) is 7.77. The highest BCUT2D eigenvalue weighted by atomic mass is 16.6. The first-order valence-corrected chi connectivity index (χ1v) is 10.6. The van der Waals surface area contributed by atoms with Gasteiger partial charge in [0.2, 0.25) is 0 Å². The van der Waals surface area contributed by atoms with E-state index in [1.807, 2.05) is 0 Å². The molecule has 2 saturated carbocycles.